The molecule has 2 aromatic carbocycles. The quantitative estimate of drug-likeness (QED) is 0.681. The van der Waals surface area contributed by atoms with Crippen molar-refractivity contribution in [1.29, 1.82) is 0 Å². The minimum atomic E-state index is -0.672. The van der Waals surface area contributed by atoms with E-state index in [4.69, 9.17) is 9.47 Å². The van der Waals surface area contributed by atoms with Crippen molar-refractivity contribution in [1.82, 2.24) is 5.01 Å². The minimum Gasteiger partial charge on any atom is -0.493 e. The van der Waals surface area contributed by atoms with Crippen LogP contribution in [-0.4, -0.2) is 47.6 Å². The van der Waals surface area contributed by atoms with Gasteiger partial charge in [-0.2, -0.15) is 5.10 Å². The summed E-state index contributed by atoms with van der Waals surface area (Å²) in [5.74, 6) is 0.437. The lowest BCUT2D eigenvalue weighted by Crippen LogP contribution is -2.29. The second kappa shape index (κ2) is 9.45. The number of ether oxygens (including phenoxy) is 2. The Bertz CT molecular complexity index is 1000. The minimum absolute atomic E-state index is 0.145. The summed E-state index contributed by atoms with van der Waals surface area (Å²) in [5, 5.41) is 8.29. The normalized spacial score (nSPS) is 13.5. The number of hydrogen-bond acceptors (Lipinski definition) is 7. The zero-order valence-corrected chi connectivity index (χ0v) is 17.6. The highest BCUT2D eigenvalue weighted by Gasteiger charge is 2.23. The number of anilines is 1. The first-order valence-electron chi connectivity index (χ1n) is 9.06. The van der Waals surface area contributed by atoms with Crippen LogP contribution in [0.5, 0.6) is 11.5 Å². The maximum atomic E-state index is 12.3. The summed E-state index contributed by atoms with van der Waals surface area (Å²) in [6.07, 6.45) is 0. The molecule has 0 atom stereocenters. The maximum Gasteiger partial charge on any atom is 0.302 e. The Kier molecular flexibility index (Phi) is 6.73. The average Bonchev–Trinajstić information content (AvgIpc) is 2.76. The predicted octanol–water partition coefficient (Wildman–Crippen LogP) is 3.30. The van der Waals surface area contributed by atoms with E-state index in [0.29, 0.717) is 22.9 Å². The number of hydrogen-bond donors (Lipinski definition) is 1. The Balaban J connectivity index is 1.76. The number of hydrazone groups is 1. The third-order valence-electron chi connectivity index (χ3n) is 4.37. The monoisotopic (exact) mass is 427 g/mol. The van der Waals surface area contributed by atoms with Crippen LogP contribution >= 0.6 is 11.8 Å². The van der Waals surface area contributed by atoms with Gasteiger partial charge in [-0.15, -0.1) is 0 Å². The lowest BCUT2D eigenvalue weighted by Gasteiger charge is -2.23. The molecular weight excluding hydrogens is 406 g/mol. The van der Waals surface area contributed by atoms with Crippen molar-refractivity contribution < 1.29 is 23.9 Å². The molecule has 156 valence electrons. The highest BCUT2D eigenvalue weighted by molar-refractivity contribution is 8.14. The second-order valence-corrected chi connectivity index (χ2v) is 7.36. The standard InChI is InChI=1S/C21H21N3O5S/c1-13(25)20(26)22-16-7-4-14(5-8-16)11-24-21(27)30-12-17(23-24)15-6-9-18(28-2)19(10-15)29-3/h4-10H,11-12H2,1-3H3,(H,22,26). The summed E-state index contributed by atoms with van der Waals surface area (Å²) in [5.41, 5.74) is 2.95. The third-order valence-corrected chi connectivity index (χ3v) is 5.24. The molecule has 3 rings (SSSR count). The topological polar surface area (TPSA) is 97.3 Å². The van der Waals surface area contributed by atoms with E-state index in [-0.39, 0.29) is 11.8 Å². The summed E-state index contributed by atoms with van der Waals surface area (Å²) in [7, 11) is 3.14. The number of carbonyl (C=O) groups excluding carboxylic acids is 3. The van der Waals surface area contributed by atoms with Crippen LogP contribution in [0.3, 0.4) is 0 Å². The van der Waals surface area contributed by atoms with Gasteiger partial charge in [0.2, 0.25) is 5.78 Å². The number of thioether (sulfide) groups is 1. The van der Waals surface area contributed by atoms with Gasteiger partial charge in [-0.1, -0.05) is 23.9 Å². The lowest BCUT2D eigenvalue weighted by atomic mass is 10.1. The first-order chi connectivity index (χ1) is 14.4. The number of methoxy groups -OCH3 is 2. The summed E-state index contributed by atoms with van der Waals surface area (Å²) in [6.45, 7) is 1.49. The number of Topliss-reactive ketones (excluding diaryl/α,β-unsaturated/α-hetero) is 1. The molecule has 1 aliphatic rings. The maximum absolute atomic E-state index is 12.3. The van der Waals surface area contributed by atoms with Crippen molar-refractivity contribution in [2.45, 2.75) is 13.5 Å². The van der Waals surface area contributed by atoms with E-state index in [1.807, 2.05) is 12.1 Å². The van der Waals surface area contributed by atoms with E-state index >= 15 is 0 Å². The molecular formula is C21H21N3O5S. The summed E-state index contributed by atoms with van der Waals surface area (Å²) < 4.78 is 10.6. The van der Waals surface area contributed by atoms with Crippen LogP contribution < -0.4 is 14.8 Å². The molecule has 2 aromatic rings. The molecule has 0 radical (unpaired) electrons. The van der Waals surface area contributed by atoms with Crippen molar-refractivity contribution in [2.24, 2.45) is 5.10 Å². The van der Waals surface area contributed by atoms with E-state index in [1.54, 1.807) is 44.6 Å². The number of carbonyl (C=O) groups is 3. The van der Waals surface area contributed by atoms with Gasteiger partial charge in [0.05, 0.1) is 26.5 Å². The van der Waals surface area contributed by atoms with Crippen LogP contribution in [0, 0.1) is 0 Å². The van der Waals surface area contributed by atoms with Gasteiger partial charge in [0.15, 0.2) is 11.5 Å². The Morgan fingerprint density at radius 2 is 1.80 bits per heavy atom. The fourth-order valence-corrected chi connectivity index (χ4v) is 3.50. The van der Waals surface area contributed by atoms with Gasteiger partial charge in [-0.25, -0.2) is 5.01 Å². The average molecular weight is 427 g/mol. The highest BCUT2D eigenvalue weighted by Crippen LogP contribution is 2.30. The fourth-order valence-electron chi connectivity index (χ4n) is 2.76. The molecule has 0 saturated carbocycles. The van der Waals surface area contributed by atoms with Gasteiger partial charge in [-0.3, -0.25) is 14.4 Å². The molecule has 8 nitrogen and oxygen atoms in total. The summed E-state index contributed by atoms with van der Waals surface area (Å²) in [4.78, 5) is 34.8. The van der Waals surface area contributed by atoms with Gasteiger partial charge in [0, 0.05) is 23.9 Å². The number of amides is 2. The molecule has 1 N–H and O–H groups in total. The predicted molar refractivity (Wildman–Crippen MR) is 115 cm³/mol. The molecule has 0 unspecified atom stereocenters. The van der Waals surface area contributed by atoms with Crippen LogP contribution in [0.15, 0.2) is 47.6 Å². The number of rotatable bonds is 7. The number of benzene rings is 2. The molecule has 0 bridgehead atoms. The number of nitrogens with zero attached hydrogens (tertiary/aromatic N) is 2. The molecule has 0 fully saturated rings. The second-order valence-electron chi connectivity index (χ2n) is 6.44. The first-order valence-corrected chi connectivity index (χ1v) is 10.0. The van der Waals surface area contributed by atoms with Crippen LogP contribution in [0.2, 0.25) is 0 Å². The van der Waals surface area contributed by atoms with Crippen molar-refractivity contribution >= 4 is 40.1 Å². The lowest BCUT2D eigenvalue weighted by molar-refractivity contribution is -0.133. The zero-order valence-electron chi connectivity index (χ0n) is 16.8. The smallest absolute Gasteiger partial charge is 0.302 e. The SMILES string of the molecule is COc1ccc(C2=NN(Cc3ccc(NC(=O)C(C)=O)cc3)C(=O)SC2)cc1OC. The Labute approximate surface area is 178 Å². The van der Waals surface area contributed by atoms with Crippen molar-refractivity contribution in [2.75, 3.05) is 25.3 Å². The van der Waals surface area contributed by atoms with Crippen LogP contribution in [0.25, 0.3) is 0 Å². The van der Waals surface area contributed by atoms with E-state index < -0.39 is 11.7 Å². The van der Waals surface area contributed by atoms with Gasteiger partial charge in [-0.05, 0) is 35.9 Å². The molecule has 0 saturated heterocycles. The molecule has 2 amide bonds. The van der Waals surface area contributed by atoms with E-state index in [0.717, 1.165) is 16.8 Å². The highest BCUT2D eigenvalue weighted by atomic mass is 32.2. The van der Waals surface area contributed by atoms with E-state index in [9.17, 15) is 14.4 Å². The Morgan fingerprint density at radius 3 is 2.43 bits per heavy atom. The van der Waals surface area contributed by atoms with Crippen LogP contribution in [0.4, 0.5) is 10.5 Å². The third kappa shape index (κ3) is 4.98. The van der Waals surface area contributed by atoms with Crippen LogP contribution in [0.1, 0.15) is 18.1 Å². The largest absolute Gasteiger partial charge is 0.493 e. The van der Waals surface area contributed by atoms with E-state index in [1.165, 1.54) is 23.7 Å². The van der Waals surface area contributed by atoms with Gasteiger partial charge >= 0.3 is 5.24 Å². The number of ketones is 1. The van der Waals surface area contributed by atoms with Gasteiger partial charge in [0.1, 0.15) is 0 Å². The first kappa shape index (κ1) is 21.4. The molecule has 0 aliphatic carbocycles. The molecule has 9 heteroatoms. The summed E-state index contributed by atoms with van der Waals surface area (Å²) in [6, 6.07) is 12.4. The molecule has 1 heterocycles. The van der Waals surface area contributed by atoms with Crippen molar-refractivity contribution in [3.05, 3.63) is 53.6 Å². The van der Waals surface area contributed by atoms with Gasteiger partial charge in [0.25, 0.3) is 5.91 Å². The van der Waals surface area contributed by atoms with Crippen molar-refractivity contribution in [3.8, 4) is 11.5 Å². The molecule has 0 spiro atoms. The van der Waals surface area contributed by atoms with Crippen molar-refractivity contribution in [3.63, 3.8) is 0 Å². The fraction of sp³-hybridized carbons (Fsp3) is 0.238. The molecule has 1 aliphatic heterocycles. The zero-order chi connectivity index (χ0) is 21.7. The van der Waals surface area contributed by atoms with Gasteiger partial charge < -0.3 is 14.8 Å². The summed E-state index contributed by atoms with van der Waals surface area (Å²) >= 11 is 1.18. The number of nitrogens with one attached hydrogen (secondary N) is 1. The molecule has 30 heavy (non-hydrogen) atoms. The van der Waals surface area contributed by atoms with Crippen LogP contribution in [-0.2, 0) is 16.1 Å². The van der Waals surface area contributed by atoms with E-state index in [2.05, 4.69) is 10.4 Å². The Morgan fingerprint density at radius 1 is 1.10 bits per heavy atom. The Hall–Kier alpha value is -3.33. The molecule has 0 aromatic heterocycles.